The monoisotopic (exact) mass is 568 g/mol. The summed E-state index contributed by atoms with van der Waals surface area (Å²) in [6.07, 6.45) is 1.71. The van der Waals surface area contributed by atoms with E-state index in [1.54, 1.807) is 68.6 Å². The van der Waals surface area contributed by atoms with Crippen molar-refractivity contribution in [1.29, 1.82) is 0 Å². The molecule has 4 rings (SSSR count). The van der Waals surface area contributed by atoms with Crippen LogP contribution in [0.4, 0.5) is 10.1 Å². The van der Waals surface area contributed by atoms with Gasteiger partial charge in [0.05, 0.1) is 34.4 Å². The van der Waals surface area contributed by atoms with Gasteiger partial charge in [0.2, 0.25) is 0 Å². The number of halogens is 2. The molecule has 0 spiro atoms. The van der Waals surface area contributed by atoms with Crippen LogP contribution in [0.1, 0.15) is 35.3 Å². The van der Waals surface area contributed by atoms with E-state index in [4.69, 9.17) is 25.8 Å². The molecule has 3 aromatic rings. The number of ether oxygens (including phenoxy) is 3. The molecule has 3 aromatic carbocycles. The Morgan fingerprint density at radius 2 is 1.85 bits per heavy atom. The Kier molecular flexibility index (Phi) is 9.27. The molecule has 7 nitrogen and oxygen atoms in total. The second kappa shape index (κ2) is 12.8. The van der Waals surface area contributed by atoms with E-state index in [-0.39, 0.29) is 18.3 Å². The Bertz CT molecular complexity index is 1440. The highest BCUT2D eigenvalue weighted by Gasteiger charge is 2.30. The number of thioether (sulfide) groups is 1. The van der Waals surface area contributed by atoms with Gasteiger partial charge >= 0.3 is 5.97 Å². The van der Waals surface area contributed by atoms with Crippen molar-refractivity contribution in [3.63, 3.8) is 0 Å². The fourth-order valence-corrected chi connectivity index (χ4v) is 4.92. The standard InChI is InChI=1S/C29H26ClFN2O5S/c1-4-36-24-15-19(14-23(30)26(24)38-17-18-7-6-8-21(31)13-18)16-25-27(34)33(3)29(39-25)32-22-11-9-20(10-12-22)28(35)37-5-2/h6-16H,4-5,17H2,1-3H3/b25-16-,32-29?. The van der Waals surface area contributed by atoms with Crippen LogP contribution in [0.2, 0.25) is 5.02 Å². The molecule has 1 fully saturated rings. The fourth-order valence-electron chi connectivity index (χ4n) is 3.66. The zero-order valence-electron chi connectivity index (χ0n) is 21.6. The number of esters is 1. The lowest BCUT2D eigenvalue weighted by atomic mass is 10.1. The fraction of sp³-hybridized carbons (Fsp3) is 0.207. The van der Waals surface area contributed by atoms with Crippen LogP contribution in [0.15, 0.2) is 70.6 Å². The molecular weight excluding hydrogens is 543 g/mol. The Labute approximate surface area is 235 Å². The van der Waals surface area contributed by atoms with Crippen molar-refractivity contribution in [2.24, 2.45) is 4.99 Å². The van der Waals surface area contributed by atoms with Gasteiger partial charge in [-0.05, 0) is 91.3 Å². The molecule has 0 atom stereocenters. The number of benzene rings is 3. The van der Waals surface area contributed by atoms with Crippen molar-refractivity contribution in [1.82, 2.24) is 4.90 Å². The molecule has 10 heteroatoms. The summed E-state index contributed by atoms with van der Waals surface area (Å²) in [7, 11) is 1.64. The average Bonchev–Trinajstić information content (AvgIpc) is 3.16. The van der Waals surface area contributed by atoms with Crippen LogP contribution in [-0.4, -0.2) is 42.2 Å². The molecule has 0 N–H and O–H groups in total. The van der Waals surface area contributed by atoms with Gasteiger partial charge < -0.3 is 14.2 Å². The summed E-state index contributed by atoms with van der Waals surface area (Å²) in [6.45, 7) is 4.36. The van der Waals surface area contributed by atoms with E-state index in [1.165, 1.54) is 28.8 Å². The SMILES string of the molecule is CCOC(=O)c1ccc(N=C2S/C(=C\c3cc(Cl)c(OCc4cccc(F)c4)c(OCC)c3)C(=O)N2C)cc1. The third kappa shape index (κ3) is 6.99. The number of aliphatic imine (C=N–C) groups is 1. The highest BCUT2D eigenvalue weighted by atomic mass is 35.5. The molecule has 1 aliphatic heterocycles. The smallest absolute Gasteiger partial charge is 0.338 e. The van der Waals surface area contributed by atoms with E-state index in [0.717, 1.165) is 0 Å². The minimum Gasteiger partial charge on any atom is -0.490 e. The van der Waals surface area contributed by atoms with E-state index in [9.17, 15) is 14.0 Å². The highest BCUT2D eigenvalue weighted by Crippen LogP contribution is 2.39. The first-order valence-corrected chi connectivity index (χ1v) is 13.4. The zero-order valence-corrected chi connectivity index (χ0v) is 23.1. The molecule has 0 bridgehead atoms. The highest BCUT2D eigenvalue weighted by molar-refractivity contribution is 8.18. The van der Waals surface area contributed by atoms with Gasteiger partial charge in [0.1, 0.15) is 12.4 Å². The first kappa shape index (κ1) is 28.2. The van der Waals surface area contributed by atoms with Crippen molar-refractivity contribution >= 4 is 52.2 Å². The summed E-state index contributed by atoms with van der Waals surface area (Å²) in [5.74, 6) is -0.231. The number of amides is 1. The predicted octanol–water partition coefficient (Wildman–Crippen LogP) is 6.87. The molecule has 0 aromatic heterocycles. The molecule has 0 saturated carbocycles. The summed E-state index contributed by atoms with van der Waals surface area (Å²) >= 11 is 7.76. The van der Waals surface area contributed by atoms with Gasteiger partial charge in [-0.15, -0.1) is 0 Å². The minimum absolute atomic E-state index is 0.109. The Morgan fingerprint density at radius 1 is 1.08 bits per heavy atom. The van der Waals surface area contributed by atoms with Gasteiger partial charge in [0.25, 0.3) is 5.91 Å². The average molecular weight is 569 g/mol. The molecule has 1 aliphatic rings. The molecule has 1 amide bonds. The molecule has 0 aliphatic carbocycles. The number of amidine groups is 1. The number of hydrogen-bond acceptors (Lipinski definition) is 7. The predicted molar refractivity (Wildman–Crippen MR) is 151 cm³/mol. The maximum atomic E-state index is 13.5. The normalized spacial score (nSPS) is 15.2. The Hall–Kier alpha value is -3.82. The van der Waals surface area contributed by atoms with E-state index >= 15 is 0 Å². The van der Waals surface area contributed by atoms with Gasteiger partial charge in [0, 0.05) is 7.05 Å². The van der Waals surface area contributed by atoms with Gasteiger partial charge in [-0.1, -0.05) is 23.7 Å². The second-order valence-electron chi connectivity index (χ2n) is 8.32. The van der Waals surface area contributed by atoms with Crippen LogP contribution in [0.3, 0.4) is 0 Å². The van der Waals surface area contributed by atoms with Crippen molar-refractivity contribution < 1.29 is 28.2 Å². The molecule has 1 heterocycles. The summed E-state index contributed by atoms with van der Waals surface area (Å²) in [5.41, 5.74) is 2.31. The van der Waals surface area contributed by atoms with Crippen molar-refractivity contribution in [3.05, 3.63) is 93.1 Å². The molecule has 0 radical (unpaired) electrons. The summed E-state index contributed by atoms with van der Waals surface area (Å²) in [6, 6.07) is 16.2. The quantitative estimate of drug-likeness (QED) is 0.207. The van der Waals surface area contributed by atoms with E-state index in [1.807, 2.05) is 6.92 Å². The van der Waals surface area contributed by atoms with Gasteiger partial charge in [-0.25, -0.2) is 14.2 Å². The largest absolute Gasteiger partial charge is 0.490 e. The van der Waals surface area contributed by atoms with E-state index < -0.39 is 5.97 Å². The maximum absolute atomic E-state index is 13.5. The molecule has 39 heavy (non-hydrogen) atoms. The lowest BCUT2D eigenvalue weighted by molar-refractivity contribution is -0.121. The van der Waals surface area contributed by atoms with E-state index in [2.05, 4.69) is 4.99 Å². The molecular formula is C29H26ClFN2O5S. The number of likely N-dealkylation sites (N-methyl/N-ethyl adjacent to an activating group) is 1. The summed E-state index contributed by atoms with van der Waals surface area (Å²) in [4.78, 5) is 31.3. The van der Waals surface area contributed by atoms with Crippen molar-refractivity contribution in [3.8, 4) is 11.5 Å². The Morgan fingerprint density at radius 3 is 2.54 bits per heavy atom. The Balaban J connectivity index is 1.55. The number of hydrogen-bond donors (Lipinski definition) is 0. The number of carbonyl (C=O) groups excluding carboxylic acids is 2. The number of rotatable bonds is 9. The van der Waals surface area contributed by atoms with Crippen LogP contribution < -0.4 is 9.47 Å². The molecule has 202 valence electrons. The number of nitrogens with zero attached hydrogens (tertiary/aromatic N) is 2. The first-order valence-electron chi connectivity index (χ1n) is 12.2. The lowest BCUT2D eigenvalue weighted by Gasteiger charge is -2.15. The lowest BCUT2D eigenvalue weighted by Crippen LogP contribution is -2.23. The van der Waals surface area contributed by atoms with Crippen LogP contribution in [0, 0.1) is 5.82 Å². The summed E-state index contributed by atoms with van der Waals surface area (Å²) in [5, 5.41) is 0.782. The third-order valence-corrected chi connectivity index (χ3v) is 6.85. The first-order chi connectivity index (χ1) is 18.8. The summed E-state index contributed by atoms with van der Waals surface area (Å²) < 4.78 is 30.2. The van der Waals surface area contributed by atoms with Crippen LogP contribution in [0.5, 0.6) is 11.5 Å². The van der Waals surface area contributed by atoms with Crippen LogP contribution in [0.25, 0.3) is 6.08 Å². The van der Waals surface area contributed by atoms with Gasteiger partial charge in [-0.3, -0.25) is 9.69 Å². The minimum atomic E-state index is -0.403. The molecule has 0 unspecified atom stereocenters. The van der Waals surface area contributed by atoms with Crippen LogP contribution in [-0.2, 0) is 16.1 Å². The van der Waals surface area contributed by atoms with Crippen LogP contribution >= 0.6 is 23.4 Å². The zero-order chi connectivity index (χ0) is 27.9. The van der Waals surface area contributed by atoms with Gasteiger partial charge in [0.15, 0.2) is 16.7 Å². The van der Waals surface area contributed by atoms with Crippen molar-refractivity contribution in [2.75, 3.05) is 20.3 Å². The van der Waals surface area contributed by atoms with E-state index in [0.29, 0.717) is 62.2 Å². The maximum Gasteiger partial charge on any atom is 0.338 e. The topological polar surface area (TPSA) is 77.4 Å². The second-order valence-corrected chi connectivity index (χ2v) is 9.73. The molecule has 1 saturated heterocycles. The number of carbonyl (C=O) groups is 2. The van der Waals surface area contributed by atoms with Crippen molar-refractivity contribution in [2.45, 2.75) is 20.5 Å². The van der Waals surface area contributed by atoms with Gasteiger partial charge in [-0.2, -0.15) is 0 Å². The third-order valence-electron chi connectivity index (χ3n) is 5.51.